The van der Waals surface area contributed by atoms with Gasteiger partial charge in [0.25, 0.3) is 0 Å². The number of benzene rings is 1. The van der Waals surface area contributed by atoms with Crippen LogP contribution in [0.25, 0.3) is 0 Å². The Bertz CT molecular complexity index is 379. The van der Waals surface area contributed by atoms with Crippen LogP contribution in [0.2, 0.25) is 0 Å². The standard InChI is InChI=1S/C13H16O3/c1-13(2,3)16-12(14)11-8-9-6-4-5-7-10(9)15-11/h4-7,11H,8H2,1-3H3. The number of hydrogen-bond donors (Lipinski definition) is 0. The number of fused-ring (bicyclic) bond motifs is 1. The molecule has 0 bridgehead atoms. The smallest absolute Gasteiger partial charge is 0.348 e. The SMILES string of the molecule is CC(C)(C)OC(=O)C1Cc2ccccc2O1. The maximum atomic E-state index is 11.8. The molecule has 0 saturated carbocycles. The average Bonchev–Trinajstić information content (AvgIpc) is 2.58. The van der Waals surface area contributed by atoms with Gasteiger partial charge < -0.3 is 9.47 Å². The van der Waals surface area contributed by atoms with E-state index >= 15 is 0 Å². The summed E-state index contributed by atoms with van der Waals surface area (Å²) in [7, 11) is 0. The lowest BCUT2D eigenvalue weighted by Crippen LogP contribution is -2.34. The summed E-state index contributed by atoms with van der Waals surface area (Å²) >= 11 is 0. The van der Waals surface area contributed by atoms with Crippen LogP contribution in [0.5, 0.6) is 5.75 Å². The van der Waals surface area contributed by atoms with E-state index in [1.165, 1.54) is 0 Å². The predicted molar refractivity (Wildman–Crippen MR) is 60.4 cm³/mol. The Morgan fingerprint density at radius 3 is 2.69 bits per heavy atom. The van der Waals surface area contributed by atoms with E-state index in [1.54, 1.807) is 0 Å². The van der Waals surface area contributed by atoms with Gasteiger partial charge in [-0.2, -0.15) is 0 Å². The Labute approximate surface area is 95.4 Å². The molecule has 1 aliphatic heterocycles. The molecule has 1 unspecified atom stereocenters. The van der Waals surface area contributed by atoms with Gasteiger partial charge in [-0.15, -0.1) is 0 Å². The summed E-state index contributed by atoms with van der Waals surface area (Å²) in [6.45, 7) is 5.56. The van der Waals surface area contributed by atoms with Crippen LogP contribution in [0.3, 0.4) is 0 Å². The molecule has 1 atom stereocenters. The molecule has 1 aromatic carbocycles. The molecule has 1 aliphatic rings. The monoisotopic (exact) mass is 220 g/mol. The van der Waals surface area contributed by atoms with E-state index in [-0.39, 0.29) is 5.97 Å². The first-order valence-corrected chi connectivity index (χ1v) is 5.43. The fourth-order valence-electron chi connectivity index (χ4n) is 1.68. The molecule has 0 amide bonds. The maximum Gasteiger partial charge on any atom is 0.348 e. The van der Waals surface area contributed by atoms with Crippen molar-refractivity contribution in [1.29, 1.82) is 0 Å². The van der Waals surface area contributed by atoms with Gasteiger partial charge in [-0.1, -0.05) is 18.2 Å². The molecule has 0 radical (unpaired) electrons. The zero-order valence-corrected chi connectivity index (χ0v) is 9.82. The number of esters is 1. The zero-order valence-electron chi connectivity index (χ0n) is 9.82. The molecular formula is C13H16O3. The molecule has 3 nitrogen and oxygen atoms in total. The first kappa shape index (κ1) is 11.0. The van der Waals surface area contributed by atoms with E-state index in [1.807, 2.05) is 45.0 Å². The highest BCUT2D eigenvalue weighted by molar-refractivity contribution is 5.77. The van der Waals surface area contributed by atoms with Gasteiger partial charge in [-0.3, -0.25) is 0 Å². The van der Waals surface area contributed by atoms with E-state index in [9.17, 15) is 4.79 Å². The molecule has 1 heterocycles. The van der Waals surface area contributed by atoms with Gasteiger partial charge in [-0.05, 0) is 32.4 Å². The molecule has 0 fully saturated rings. The lowest BCUT2D eigenvalue weighted by atomic mass is 10.1. The molecule has 0 saturated heterocycles. The maximum absolute atomic E-state index is 11.8. The largest absolute Gasteiger partial charge is 0.478 e. The zero-order chi connectivity index (χ0) is 11.8. The van der Waals surface area contributed by atoms with E-state index in [2.05, 4.69) is 0 Å². The van der Waals surface area contributed by atoms with Gasteiger partial charge in [0.15, 0.2) is 6.10 Å². The van der Waals surface area contributed by atoms with Crippen LogP contribution >= 0.6 is 0 Å². The van der Waals surface area contributed by atoms with Crippen LogP contribution in [0.15, 0.2) is 24.3 Å². The summed E-state index contributed by atoms with van der Waals surface area (Å²) in [5.41, 5.74) is 0.605. The van der Waals surface area contributed by atoms with E-state index in [4.69, 9.17) is 9.47 Å². The van der Waals surface area contributed by atoms with Gasteiger partial charge in [0.2, 0.25) is 0 Å². The molecule has 3 heteroatoms. The van der Waals surface area contributed by atoms with Gasteiger partial charge in [0.1, 0.15) is 11.4 Å². The van der Waals surface area contributed by atoms with Crippen molar-refractivity contribution in [3.8, 4) is 5.75 Å². The number of carbonyl (C=O) groups excluding carboxylic acids is 1. The first-order chi connectivity index (χ1) is 7.46. The summed E-state index contributed by atoms with van der Waals surface area (Å²) < 4.78 is 10.8. The molecular weight excluding hydrogens is 204 g/mol. The van der Waals surface area contributed by atoms with Gasteiger partial charge in [0.05, 0.1) is 0 Å². The highest BCUT2D eigenvalue weighted by atomic mass is 16.6. The Hall–Kier alpha value is -1.51. The quantitative estimate of drug-likeness (QED) is 0.681. The second-order valence-corrected chi connectivity index (χ2v) is 4.95. The van der Waals surface area contributed by atoms with Crippen molar-refractivity contribution in [2.24, 2.45) is 0 Å². The minimum absolute atomic E-state index is 0.288. The van der Waals surface area contributed by atoms with Crippen molar-refractivity contribution in [2.75, 3.05) is 0 Å². The fourth-order valence-corrected chi connectivity index (χ4v) is 1.68. The van der Waals surface area contributed by atoms with Crippen LogP contribution in [0, 0.1) is 0 Å². The van der Waals surface area contributed by atoms with Crippen molar-refractivity contribution in [2.45, 2.75) is 38.9 Å². The second kappa shape index (κ2) is 3.81. The Morgan fingerprint density at radius 1 is 1.38 bits per heavy atom. The summed E-state index contributed by atoms with van der Waals surface area (Å²) in [4.78, 5) is 11.8. The summed E-state index contributed by atoms with van der Waals surface area (Å²) in [6, 6.07) is 7.69. The van der Waals surface area contributed by atoms with Crippen molar-refractivity contribution in [1.82, 2.24) is 0 Å². The lowest BCUT2D eigenvalue weighted by molar-refractivity contribution is -0.162. The summed E-state index contributed by atoms with van der Waals surface area (Å²) in [5.74, 6) is 0.502. The Kier molecular flexibility index (Phi) is 2.62. The van der Waals surface area contributed by atoms with Gasteiger partial charge in [0, 0.05) is 6.42 Å². The first-order valence-electron chi connectivity index (χ1n) is 5.43. The van der Waals surface area contributed by atoms with E-state index < -0.39 is 11.7 Å². The topological polar surface area (TPSA) is 35.5 Å². The third kappa shape index (κ3) is 2.35. The number of ether oxygens (including phenoxy) is 2. The van der Waals surface area contributed by atoms with Crippen LogP contribution in [0.1, 0.15) is 26.3 Å². The van der Waals surface area contributed by atoms with Crippen LogP contribution < -0.4 is 4.74 Å². The number of carbonyl (C=O) groups is 1. The molecule has 2 rings (SSSR count). The number of rotatable bonds is 1. The molecule has 0 aromatic heterocycles. The fraction of sp³-hybridized carbons (Fsp3) is 0.462. The molecule has 0 aliphatic carbocycles. The molecule has 0 spiro atoms. The highest BCUT2D eigenvalue weighted by Crippen LogP contribution is 2.29. The molecule has 86 valence electrons. The third-order valence-corrected chi connectivity index (χ3v) is 2.32. The van der Waals surface area contributed by atoms with Crippen molar-refractivity contribution in [3.05, 3.63) is 29.8 Å². The van der Waals surface area contributed by atoms with Crippen molar-refractivity contribution >= 4 is 5.97 Å². The lowest BCUT2D eigenvalue weighted by Gasteiger charge is -2.21. The van der Waals surface area contributed by atoms with Crippen molar-refractivity contribution < 1.29 is 14.3 Å². The third-order valence-electron chi connectivity index (χ3n) is 2.32. The van der Waals surface area contributed by atoms with Gasteiger partial charge in [-0.25, -0.2) is 4.79 Å². The van der Waals surface area contributed by atoms with Crippen LogP contribution in [-0.4, -0.2) is 17.7 Å². The predicted octanol–water partition coefficient (Wildman–Crippen LogP) is 2.33. The highest BCUT2D eigenvalue weighted by Gasteiger charge is 2.32. The van der Waals surface area contributed by atoms with E-state index in [0.29, 0.717) is 6.42 Å². The molecule has 1 aromatic rings. The average molecular weight is 220 g/mol. The normalized spacial score (nSPS) is 18.8. The van der Waals surface area contributed by atoms with Crippen molar-refractivity contribution in [3.63, 3.8) is 0 Å². The molecule has 16 heavy (non-hydrogen) atoms. The van der Waals surface area contributed by atoms with E-state index in [0.717, 1.165) is 11.3 Å². The van der Waals surface area contributed by atoms with Gasteiger partial charge >= 0.3 is 5.97 Å². The summed E-state index contributed by atoms with van der Waals surface area (Å²) in [6.07, 6.45) is 0.113. The Balaban J connectivity index is 2.04. The minimum atomic E-state index is -0.489. The van der Waals surface area contributed by atoms with Crippen LogP contribution in [0.4, 0.5) is 0 Å². The summed E-state index contributed by atoms with van der Waals surface area (Å²) in [5, 5.41) is 0. The van der Waals surface area contributed by atoms with Crippen LogP contribution in [-0.2, 0) is 16.0 Å². The molecule has 0 N–H and O–H groups in total. The second-order valence-electron chi connectivity index (χ2n) is 4.95. The number of hydrogen-bond acceptors (Lipinski definition) is 3. The number of para-hydroxylation sites is 1. The Morgan fingerprint density at radius 2 is 2.06 bits per heavy atom. The minimum Gasteiger partial charge on any atom is -0.478 e.